The molecule has 1 atom stereocenters. The van der Waals surface area contributed by atoms with Gasteiger partial charge in [-0.05, 0) is 19.8 Å². The Labute approximate surface area is 70.3 Å². The molecule has 1 nitrogen and oxygen atoms in total. The maximum Gasteiger partial charge on any atom is 0.0815 e. The Hall–Kier alpha value is -0.300. The summed E-state index contributed by atoms with van der Waals surface area (Å²) in [5.41, 5.74) is 1.59. The summed E-state index contributed by atoms with van der Waals surface area (Å²) in [5, 5.41) is 0. The van der Waals surface area contributed by atoms with Crippen LogP contribution in [0.5, 0.6) is 0 Å². The maximum atomic E-state index is 2.39. The number of quaternary nitrogens is 1. The van der Waals surface area contributed by atoms with Crippen molar-refractivity contribution in [3.05, 3.63) is 11.6 Å². The predicted octanol–water partition coefficient (Wildman–Crippen LogP) is 2.05. The normalized spacial score (nSPS) is 25.5. The molecule has 0 bridgehead atoms. The summed E-state index contributed by atoms with van der Waals surface area (Å²) >= 11 is 0. The number of nitrogens with zero attached hydrogens (tertiary/aromatic N) is 1. The summed E-state index contributed by atoms with van der Waals surface area (Å²) in [6.07, 6.45) is 5.02. The monoisotopic (exact) mass is 154 g/mol. The Bertz CT molecular complexity index is 162. The van der Waals surface area contributed by atoms with E-state index in [1.165, 1.54) is 19.4 Å². The standard InChI is InChI=1S/C10H20N/c1-9-5-6-10(7-9)8-11(2,3)4/h5,10H,6-8H2,1-4H3/q+1/t10-/m1/s1. The van der Waals surface area contributed by atoms with Crippen molar-refractivity contribution in [2.24, 2.45) is 5.92 Å². The van der Waals surface area contributed by atoms with Crippen molar-refractivity contribution in [2.75, 3.05) is 27.7 Å². The minimum absolute atomic E-state index is 0.912. The topological polar surface area (TPSA) is 0 Å². The van der Waals surface area contributed by atoms with Crippen molar-refractivity contribution in [2.45, 2.75) is 19.8 Å². The second-order valence-electron chi connectivity index (χ2n) is 4.83. The molecule has 0 amide bonds. The van der Waals surface area contributed by atoms with Crippen LogP contribution in [-0.2, 0) is 0 Å². The molecule has 0 aromatic carbocycles. The number of hydrogen-bond acceptors (Lipinski definition) is 0. The molecule has 0 aromatic rings. The molecule has 0 N–H and O–H groups in total. The number of hydrogen-bond donors (Lipinski definition) is 0. The van der Waals surface area contributed by atoms with Crippen molar-refractivity contribution < 1.29 is 4.48 Å². The van der Waals surface area contributed by atoms with Gasteiger partial charge in [0.2, 0.25) is 0 Å². The first kappa shape index (κ1) is 8.79. The van der Waals surface area contributed by atoms with E-state index in [1.807, 2.05) is 0 Å². The average Bonchev–Trinajstić information content (AvgIpc) is 2.10. The molecule has 0 aromatic heterocycles. The van der Waals surface area contributed by atoms with Gasteiger partial charge in [-0.1, -0.05) is 11.6 Å². The van der Waals surface area contributed by atoms with E-state index >= 15 is 0 Å². The molecule has 0 saturated heterocycles. The highest BCUT2D eigenvalue weighted by molar-refractivity contribution is 5.06. The van der Waals surface area contributed by atoms with Gasteiger partial charge in [-0.2, -0.15) is 0 Å². The molecule has 11 heavy (non-hydrogen) atoms. The Morgan fingerprint density at radius 1 is 1.45 bits per heavy atom. The molecule has 64 valence electrons. The molecule has 0 heterocycles. The van der Waals surface area contributed by atoms with E-state index in [4.69, 9.17) is 0 Å². The van der Waals surface area contributed by atoms with E-state index in [0.717, 1.165) is 10.4 Å². The van der Waals surface area contributed by atoms with Gasteiger partial charge in [0.25, 0.3) is 0 Å². The van der Waals surface area contributed by atoms with Crippen LogP contribution in [0.1, 0.15) is 19.8 Å². The van der Waals surface area contributed by atoms with Crippen molar-refractivity contribution in [3.63, 3.8) is 0 Å². The molecular weight excluding hydrogens is 134 g/mol. The Kier molecular flexibility index (Phi) is 2.38. The van der Waals surface area contributed by atoms with Gasteiger partial charge in [0, 0.05) is 5.92 Å². The zero-order valence-electron chi connectivity index (χ0n) is 8.22. The highest BCUT2D eigenvalue weighted by Gasteiger charge is 2.20. The summed E-state index contributed by atoms with van der Waals surface area (Å²) in [4.78, 5) is 0. The van der Waals surface area contributed by atoms with Crippen LogP contribution in [-0.4, -0.2) is 32.2 Å². The summed E-state index contributed by atoms with van der Waals surface area (Å²) < 4.78 is 1.10. The van der Waals surface area contributed by atoms with Gasteiger partial charge in [0.15, 0.2) is 0 Å². The van der Waals surface area contributed by atoms with Crippen LogP contribution in [0.15, 0.2) is 11.6 Å². The third-order valence-corrected chi connectivity index (χ3v) is 2.22. The summed E-state index contributed by atoms with van der Waals surface area (Å²) in [7, 11) is 6.81. The van der Waals surface area contributed by atoms with Gasteiger partial charge in [-0.3, -0.25) is 0 Å². The van der Waals surface area contributed by atoms with Crippen molar-refractivity contribution in [3.8, 4) is 0 Å². The molecule has 1 aliphatic rings. The molecule has 0 spiro atoms. The van der Waals surface area contributed by atoms with Gasteiger partial charge >= 0.3 is 0 Å². The molecule has 1 rings (SSSR count). The van der Waals surface area contributed by atoms with E-state index in [9.17, 15) is 0 Å². The fraction of sp³-hybridized carbons (Fsp3) is 0.800. The predicted molar refractivity (Wildman–Crippen MR) is 49.4 cm³/mol. The van der Waals surface area contributed by atoms with Gasteiger partial charge in [-0.25, -0.2) is 0 Å². The first-order chi connectivity index (χ1) is 4.97. The summed E-state index contributed by atoms with van der Waals surface area (Å²) in [5.74, 6) is 0.912. The Balaban J connectivity index is 2.32. The zero-order chi connectivity index (χ0) is 8.48. The van der Waals surface area contributed by atoms with Crippen LogP contribution in [0, 0.1) is 5.92 Å². The second-order valence-corrected chi connectivity index (χ2v) is 4.83. The number of rotatable bonds is 2. The SMILES string of the molecule is CC1=CC[C@@H](C[N+](C)(C)C)C1. The molecule has 0 aliphatic heterocycles. The first-order valence-electron chi connectivity index (χ1n) is 4.43. The lowest BCUT2D eigenvalue weighted by Crippen LogP contribution is -2.38. The molecule has 1 aliphatic carbocycles. The number of allylic oxidation sites excluding steroid dienone is 2. The average molecular weight is 154 g/mol. The van der Waals surface area contributed by atoms with Crippen LogP contribution in [0.2, 0.25) is 0 Å². The molecule has 1 heteroatoms. The van der Waals surface area contributed by atoms with Crippen molar-refractivity contribution in [1.82, 2.24) is 0 Å². The van der Waals surface area contributed by atoms with Gasteiger partial charge in [0.05, 0.1) is 27.7 Å². The fourth-order valence-corrected chi connectivity index (χ4v) is 1.90. The largest absolute Gasteiger partial charge is 0.331 e. The zero-order valence-corrected chi connectivity index (χ0v) is 8.22. The quantitative estimate of drug-likeness (QED) is 0.422. The second kappa shape index (κ2) is 2.98. The van der Waals surface area contributed by atoms with Crippen molar-refractivity contribution in [1.29, 1.82) is 0 Å². The van der Waals surface area contributed by atoms with Gasteiger partial charge < -0.3 is 4.48 Å². The Morgan fingerprint density at radius 2 is 2.09 bits per heavy atom. The molecule has 0 fully saturated rings. The maximum absolute atomic E-state index is 2.39. The van der Waals surface area contributed by atoms with E-state index in [-0.39, 0.29) is 0 Å². The van der Waals surface area contributed by atoms with Crippen LogP contribution in [0.25, 0.3) is 0 Å². The van der Waals surface area contributed by atoms with E-state index in [0.29, 0.717) is 0 Å². The van der Waals surface area contributed by atoms with Crippen LogP contribution in [0.3, 0.4) is 0 Å². The summed E-state index contributed by atoms with van der Waals surface area (Å²) in [6.45, 7) is 3.56. The molecule has 0 unspecified atom stereocenters. The van der Waals surface area contributed by atoms with Crippen molar-refractivity contribution >= 4 is 0 Å². The lowest BCUT2D eigenvalue weighted by atomic mass is 10.1. The minimum atomic E-state index is 0.912. The molecule has 0 saturated carbocycles. The van der Waals surface area contributed by atoms with E-state index in [2.05, 4.69) is 34.1 Å². The van der Waals surface area contributed by atoms with Crippen LogP contribution < -0.4 is 0 Å². The van der Waals surface area contributed by atoms with E-state index < -0.39 is 0 Å². The van der Waals surface area contributed by atoms with Crippen LogP contribution in [0.4, 0.5) is 0 Å². The van der Waals surface area contributed by atoms with Gasteiger partial charge in [0.1, 0.15) is 0 Å². The fourth-order valence-electron chi connectivity index (χ4n) is 1.90. The highest BCUT2D eigenvalue weighted by Crippen LogP contribution is 2.25. The molecular formula is C10H20N+. The van der Waals surface area contributed by atoms with Gasteiger partial charge in [-0.15, -0.1) is 0 Å². The first-order valence-corrected chi connectivity index (χ1v) is 4.43. The minimum Gasteiger partial charge on any atom is -0.331 e. The Morgan fingerprint density at radius 3 is 2.45 bits per heavy atom. The molecule has 0 radical (unpaired) electrons. The third kappa shape index (κ3) is 3.06. The highest BCUT2D eigenvalue weighted by atomic mass is 15.3. The van der Waals surface area contributed by atoms with Crippen LogP contribution >= 0.6 is 0 Å². The van der Waals surface area contributed by atoms with E-state index in [1.54, 1.807) is 5.57 Å². The third-order valence-electron chi connectivity index (χ3n) is 2.22. The lowest BCUT2D eigenvalue weighted by molar-refractivity contribution is -0.873. The smallest absolute Gasteiger partial charge is 0.0815 e. The lowest BCUT2D eigenvalue weighted by Gasteiger charge is -2.27. The summed E-state index contributed by atoms with van der Waals surface area (Å²) in [6, 6.07) is 0.